The van der Waals surface area contributed by atoms with Crippen molar-refractivity contribution >= 4 is 17.1 Å². The summed E-state index contributed by atoms with van der Waals surface area (Å²) in [7, 11) is 0. The molecule has 2 atom stereocenters. The molecule has 1 aliphatic rings. The van der Waals surface area contributed by atoms with Crippen LogP contribution < -0.4 is 37.1 Å². The van der Waals surface area contributed by atoms with Gasteiger partial charge >= 0.3 is 0 Å². The average Bonchev–Trinajstić information content (AvgIpc) is 3.04. The van der Waals surface area contributed by atoms with Crippen molar-refractivity contribution in [1.82, 2.24) is 0 Å². The molecule has 1 aliphatic carbocycles. The Balaban J connectivity index is 1.72. The Kier molecular flexibility index (Phi) is 12.5. The fourth-order valence-corrected chi connectivity index (χ4v) is 6.37. The van der Waals surface area contributed by atoms with Gasteiger partial charge in [-0.1, -0.05) is 113 Å². The summed E-state index contributed by atoms with van der Waals surface area (Å²) in [5.41, 5.74) is 32.0. The van der Waals surface area contributed by atoms with Crippen molar-refractivity contribution in [2.75, 3.05) is 43.6 Å². The maximum atomic E-state index is 6.79. The molecule has 292 valence electrons. The van der Waals surface area contributed by atoms with E-state index in [0.29, 0.717) is 34.3 Å². The Hall–Kier alpha value is -3.88. The van der Waals surface area contributed by atoms with Gasteiger partial charge in [-0.15, -0.1) is 0 Å². The van der Waals surface area contributed by atoms with Crippen LogP contribution >= 0.6 is 0 Å². The van der Waals surface area contributed by atoms with Gasteiger partial charge in [0.15, 0.2) is 0 Å². The molecule has 8 N–H and O–H groups in total. The molecule has 2 unspecified atom stereocenters. The fraction of sp³-hybridized carbons (Fsp3) is 0.556. The number of nitrogens with two attached hydrogens (primary N) is 4. The van der Waals surface area contributed by atoms with E-state index in [1.807, 2.05) is 36.4 Å². The standard InChI is InChI=1S/C45H68N4O4/c1-41(2,3)29-13-17-37(33(46)21-29)50-25-45(26-51-38-18-14-30(22-34(38)47)42(4,5)6,27-52-39-19-15-31(23-35(39)48)43(7,8)9)28-53-40-20-16-32(24-36(40)49)44(10,11)12/h13-19,21-23,36,40H,20,24-28,46-49H2,1-12H3. The Morgan fingerprint density at radius 1 is 0.528 bits per heavy atom. The molecule has 4 rings (SSSR count). The zero-order valence-corrected chi connectivity index (χ0v) is 34.6. The number of rotatable bonds is 12. The van der Waals surface area contributed by atoms with Crippen LogP contribution in [-0.2, 0) is 21.0 Å². The maximum Gasteiger partial charge on any atom is 0.142 e. The molecule has 0 saturated heterocycles. The summed E-state index contributed by atoms with van der Waals surface area (Å²) >= 11 is 0. The summed E-state index contributed by atoms with van der Waals surface area (Å²) in [5.74, 6) is 1.74. The molecule has 0 bridgehead atoms. The molecular weight excluding hydrogens is 661 g/mol. The van der Waals surface area contributed by atoms with Gasteiger partial charge in [0.1, 0.15) is 37.1 Å². The number of hydrogen-bond donors (Lipinski definition) is 4. The molecule has 53 heavy (non-hydrogen) atoms. The van der Waals surface area contributed by atoms with Gasteiger partial charge in [0.25, 0.3) is 0 Å². The minimum Gasteiger partial charge on any atom is -0.490 e. The van der Waals surface area contributed by atoms with Gasteiger partial charge in [0, 0.05) is 6.04 Å². The maximum absolute atomic E-state index is 6.79. The lowest BCUT2D eigenvalue weighted by Gasteiger charge is -2.38. The first-order chi connectivity index (χ1) is 24.4. The third-order valence-corrected chi connectivity index (χ3v) is 10.3. The molecule has 0 radical (unpaired) electrons. The molecule has 3 aromatic rings. The summed E-state index contributed by atoms with van der Waals surface area (Å²) in [4.78, 5) is 0. The predicted octanol–water partition coefficient (Wildman–Crippen LogP) is 9.33. The molecule has 8 heteroatoms. The van der Waals surface area contributed by atoms with E-state index >= 15 is 0 Å². The first-order valence-electron chi connectivity index (χ1n) is 19.0. The van der Waals surface area contributed by atoms with E-state index < -0.39 is 5.41 Å². The summed E-state index contributed by atoms with van der Waals surface area (Å²) in [5, 5.41) is 0. The van der Waals surface area contributed by atoms with Crippen LogP contribution in [0.4, 0.5) is 17.1 Å². The Bertz CT molecular complexity index is 1570. The molecule has 0 spiro atoms. The molecule has 0 fully saturated rings. The van der Waals surface area contributed by atoms with E-state index in [0.717, 1.165) is 29.5 Å². The zero-order chi connectivity index (χ0) is 39.6. The van der Waals surface area contributed by atoms with Crippen LogP contribution in [0.2, 0.25) is 0 Å². The van der Waals surface area contributed by atoms with Gasteiger partial charge in [0.2, 0.25) is 0 Å². The summed E-state index contributed by atoms with van der Waals surface area (Å²) in [6.07, 6.45) is 3.58. The van der Waals surface area contributed by atoms with Crippen molar-refractivity contribution in [1.29, 1.82) is 0 Å². The molecular formula is C45H68N4O4. The Morgan fingerprint density at radius 3 is 1.17 bits per heavy atom. The first kappa shape index (κ1) is 41.9. The largest absolute Gasteiger partial charge is 0.490 e. The highest BCUT2D eigenvalue weighted by molar-refractivity contribution is 5.57. The van der Waals surface area contributed by atoms with E-state index in [2.05, 4.69) is 107 Å². The molecule has 0 saturated carbocycles. The predicted molar refractivity (Wildman–Crippen MR) is 222 cm³/mol. The minimum absolute atomic E-state index is 0.0509. The SMILES string of the molecule is CC(C)(C)C1=CCC(OCC(COc2ccc(C(C)(C)C)cc2N)(COc2ccc(C(C)(C)C)cc2N)COc2ccc(C(C)(C)C)cc2N)C(N)C1. The number of nitrogen functional groups attached to an aromatic ring is 3. The highest BCUT2D eigenvalue weighted by atomic mass is 16.5. The molecule has 3 aromatic carbocycles. The van der Waals surface area contributed by atoms with E-state index in [-0.39, 0.29) is 60.2 Å². The molecule has 8 nitrogen and oxygen atoms in total. The van der Waals surface area contributed by atoms with Gasteiger partial charge in [-0.05, 0) is 87.6 Å². The Labute approximate surface area is 320 Å². The van der Waals surface area contributed by atoms with E-state index in [1.54, 1.807) is 0 Å². The summed E-state index contributed by atoms with van der Waals surface area (Å²) in [6, 6.07) is 17.8. The van der Waals surface area contributed by atoms with Crippen molar-refractivity contribution in [3.63, 3.8) is 0 Å². The summed E-state index contributed by atoms with van der Waals surface area (Å²) in [6.45, 7) is 26.9. The van der Waals surface area contributed by atoms with Crippen molar-refractivity contribution in [2.45, 2.75) is 124 Å². The second-order valence-electron chi connectivity index (χ2n) is 19.3. The highest BCUT2D eigenvalue weighted by Crippen LogP contribution is 2.37. The second-order valence-corrected chi connectivity index (χ2v) is 19.3. The van der Waals surface area contributed by atoms with E-state index in [9.17, 15) is 0 Å². The van der Waals surface area contributed by atoms with Crippen LogP contribution in [0.1, 0.15) is 113 Å². The van der Waals surface area contributed by atoms with Crippen molar-refractivity contribution in [3.8, 4) is 17.2 Å². The highest BCUT2D eigenvalue weighted by Gasteiger charge is 2.38. The van der Waals surface area contributed by atoms with Gasteiger partial charge in [-0.3, -0.25) is 0 Å². The third-order valence-electron chi connectivity index (χ3n) is 10.3. The van der Waals surface area contributed by atoms with Crippen molar-refractivity contribution in [2.24, 2.45) is 16.6 Å². The van der Waals surface area contributed by atoms with Crippen LogP contribution in [-0.4, -0.2) is 38.6 Å². The third kappa shape index (κ3) is 11.1. The van der Waals surface area contributed by atoms with Gasteiger partial charge in [-0.25, -0.2) is 0 Å². The number of anilines is 3. The second kappa shape index (κ2) is 15.8. The van der Waals surface area contributed by atoms with Crippen LogP contribution in [0.25, 0.3) is 0 Å². The Morgan fingerprint density at radius 2 is 0.887 bits per heavy atom. The minimum atomic E-state index is -0.840. The summed E-state index contributed by atoms with van der Waals surface area (Å²) < 4.78 is 26.5. The lowest BCUT2D eigenvalue weighted by Crippen LogP contribution is -2.48. The van der Waals surface area contributed by atoms with Gasteiger partial charge < -0.3 is 41.9 Å². The number of benzene rings is 3. The van der Waals surface area contributed by atoms with Crippen molar-refractivity contribution < 1.29 is 18.9 Å². The lowest BCUT2D eigenvalue weighted by atomic mass is 9.78. The molecule has 0 heterocycles. The average molecular weight is 729 g/mol. The fourth-order valence-electron chi connectivity index (χ4n) is 6.37. The molecule has 0 aliphatic heterocycles. The van der Waals surface area contributed by atoms with Crippen LogP contribution in [0.5, 0.6) is 17.2 Å². The van der Waals surface area contributed by atoms with Crippen LogP contribution in [0.3, 0.4) is 0 Å². The lowest BCUT2D eigenvalue weighted by molar-refractivity contribution is -0.0723. The quantitative estimate of drug-likeness (QED) is 0.107. The molecule has 0 amide bonds. The topological polar surface area (TPSA) is 141 Å². The van der Waals surface area contributed by atoms with Crippen LogP contribution in [0, 0.1) is 10.8 Å². The number of ether oxygens (including phenoxy) is 4. The zero-order valence-electron chi connectivity index (χ0n) is 34.6. The smallest absolute Gasteiger partial charge is 0.142 e. The van der Waals surface area contributed by atoms with Gasteiger partial charge in [-0.2, -0.15) is 0 Å². The number of hydrogen-bond acceptors (Lipinski definition) is 8. The van der Waals surface area contributed by atoms with Crippen molar-refractivity contribution in [3.05, 3.63) is 82.9 Å². The molecule has 0 aromatic heterocycles. The van der Waals surface area contributed by atoms with Gasteiger partial charge in [0.05, 0.1) is 35.2 Å². The monoisotopic (exact) mass is 729 g/mol. The van der Waals surface area contributed by atoms with Crippen LogP contribution in [0.15, 0.2) is 66.2 Å². The normalized spacial score (nSPS) is 17.3. The van der Waals surface area contributed by atoms with E-state index in [4.69, 9.17) is 41.9 Å². The first-order valence-corrected chi connectivity index (χ1v) is 19.0. The van der Waals surface area contributed by atoms with E-state index in [1.165, 1.54) is 5.57 Å².